The van der Waals surface area contributed by atoms with Crippen molar-refractivity contribution in [3.8, 4) is 0 Å². The molecule has 4 nitrogen and oxygen atoms in total. The molecule has 0 aromatic heterocycles. The Morgan fingerprint density at radius 3 is 2.20 bits per heavy atom. The molecule has 1 N–H and O–H groups in total. The molecule has 118 valence electrons. The van der Waals surface area contributed by atoms with E-state index in [1.165, 1.54) is 65.2 Å². The molecule has 1 heterocycles. The topological polar surface area (TPSA) is 21.8 Å². The average molecular weight is 282 g/mol. The predicted molar refractivity (Wildman–Crippen MR) is 86.2 cm³/mol. The first-order valence-electron chi connectivity index (χ1n) is 8.27. The maximum atomic E-state index is 3.69. The minimum atomic E-state index is 0.397. The van der Waals surface area contributed by atoms with Gasteiger partial charge in [-0.2, -0.15) is 0 Å². The van der Waals surface area contributed by atoms with E-state index in [0.29, 0.717) is 5.41 Å². The van der Waals surface area contributed by atoms with Crippen LogP contribution in [0.5, 0.6) is 0 Å². The molecule has 0 bridgehead atoms. The third-order valence-electron chi connectivity index (χ3n) is 4.43. The number of nitrogens with zero attached hydrogens (tertiary/aromatic N) is 3. The van der Waals surface area contributed by atoms with Gasteiger partial charge >= 0.3 is 0 Å². The van der Waals surface area contributed by atoms with E-state index in [-0.39, 0.29) is 0 Å². The Bertz CT molecular complexity index is 278. The zero-order valence-corrected chi connectivity index (χ0v) is 14.0. The van der Waals surface area contributed by atoms with Crippen molar-refractivity contribution in [3.63, 3.8) is 0 Å². The lowest BCUT2D eigenvalue weighted by molar-refractivity contribution is 0.0924. The van der Waals surface area contributed by atoms with Crippen molar-refractivity contribution < 1.29 is 0 Å². The van der Waals surface area contributed by atoms with Crippen LogP contribution in [-0.2, 0) is 0 Å². The Morgan fingerprint density at radius 2 is 1.65 bits per heavy atom. The van der Waals surface area contributed by atoms with Crippen LogP contribution in [0.25, 0.3) is 0 Å². The van der Waals surface area contributed by atoms with Gasteiger partial charge in [0.1, 0.15) is 0 Å². The fraction of sp³-hybridized carbons (Fsp3) is 1.00. The number of likely N-dealkylation sites (N-methyl/N-ethyl adjacent to an activating group) is 1. The first-order valence-corrected chi connectivity index (χ1v) is 8.27. The lowest BCUT2D eigenvalue weighted by Gasteiger charge is -2.39. The molecule has 0 amide bonds. The highest BCUT2D eigenvalue weighted by Crippen LogP contribution is 2.22. The summed E-state index contributed by atoms with van der Waals surface area (Å²) < 4.78 is 0. The monoisotopic (exact) mass is 282 g/mol. The molecule has 0 aromatic rings. The summed E-state index contributed by atoms with van der Waals surface area (Å²) in [5.74, 6) is 0. The van der Waals surface area contributed by atoms with Crippen LogP contribution in [0.1, 0.15) is 26.7 Å². The number of nitrogens with one attached hydrogen (secondary N) is 1. The van der Waals surface area contributed by atoms with Crippen LogP contribution in [0.2, 0.25) is 0 Å². The summed E-state index contributed by atoms with van der Waals surface area (Å²) in [6.07, 6.45) is 2.78. The molecule has 4 heteroatoms. The van der Waals surface area contributed by atoms with Crippen LogP contribution >= 0.6 is 0 Å². The van der Waals surface area contributed by atoms with Crippen molar-refractivity contribution in [2.24, 2.45) is 5.41 Å². The fourth-order valence-electron chi connectivity index (χ4n) is 2.88. The van der Waals surface area contributed by atoms with Crippen molar-refractivity contribution >= 4 is 0 Å². The van der Waals surface area contributed by atoms with E-state index in [4.69, 9.17) is 0 Å². The zero-order valence-electron chi connectivity index (χ0n) is 14.0. The van der Waals surface area contributed by atoms with E-state index in [0.717, 1.165) is 6.04 Å². The molecule has 2 aliphatic rings. The van der Waals surface area contributed by atoms with Crippen molar-refractivity contribution in [1.82, 2.24) is 20.0 Å². The highest BCUT2D eigenvalue weighted by molar-refractivity contribution is 4.86. The van der Waals surface area contributed by atoms with Gasteiger partial charge in [-0.25, -0.2) is 0 Å². The summed E-state index contributed by atoms with van der Waals surface area (Å²) in [7, 11) is 4.32. The third kappa shape index (κ3) is 6.08. The molecular formula is C16H34N4. The lowest BCUT2D eigenvalue weighted by atomic mass is 9.92. The van der Waals surface area contributed by atoms with E-state index in [2.05, 4.69) is 48.0 Å². The van der Waals surface area contributed by atoms with E-state index in [9.17, 15) is 0 Å². The molecule has 1 aliphatic carbocycles. The van der Waals surface area contributed by atoms with Gasteiger partial charge < -0.3 is 15.1 Å². The summed E-state index contributed by atoms with van der Waals surface area (Å²) in [4.78, 5) is 7.53. The van der Waals surface area contributed by atoms with Gasteiger partial charge in [-0.05, 0) is 32.4 Å². The van der Waals surface area contributed by atoms with Gasteiger partial charge in [0.2, 0.25) is 0 Å². The number of hydrogen-bond donors (Lipinski definition) is 1. The van der Waals surface area contributed by atoms with E-state index in [1.54, 1.807) is 0 Å². The average Bonchev–Trinajstić information content (AvgIpc) is 3.19. The highest BCUT2D eigenvalue weighted by Gasteiger charge is 2.28. The summed E-state index contributed by atoms with van der Waals surface area (Å²) in [5, 5.41) is 3.69. The molecule has 2 rings (SSSR count). The second kappa shape index (κ2) is 7.21. The molecule has 20 heavy (non-hydrogen) atoms. The van der Waals surface area contributed by atoms with Crippen LogP contribution in [0.3, 0.4) is 0 Å². The van der Waals surface area contributed by atoms with Crippen molar-refractivity contribution in [2.75, 3.05) is 66.5 Å². The second-order valence-corrected chi connectivity index (χ2v) is 7.74. The van der Waals surface area contributed by atoms with Gasteiger partial charge in [0.05, 0.1) is 0 Å². The minimum absolute atomic E-state index is 0.397. The normalized spacial score (nSPS) is 22.6. The summed E-state index contributed by atoms with van der Waals surface area (Å²) in [6, 6.07) is 0.831. The fourth-order valence-corrected chi connectivity index (χ4v) is 2.88. The standard InChI is InChI=1S/C16H34N4/c1-16(2,13-17-15-5-6-15)14-20-11-9-19(10-12-20)8-7-18(3)4/h15,17H,5-14H2,1-4H3. The molecule has 0 spiro atoms. The summed E-state index contributed by atoms with van der Waals surface area (Å²) in [5.41, 5.74) is 0.397. The molecule has 1 saturated heterocycles. The zero-order chi connectivity index (χ0) is 14.6. The Labute approximate surface area is 125 Å². The quantitative estimate of drug-likeness (QED) is 0.715. The van der Waals surface area contributed by atoms with Gasteiger partial charge in [-0.1, -0.05) is 13.8 Å². The second-order valence-electron chi connectivity index (χ2n) is 7.74. The molecule has 0 aromatic carbocycles. The molecule has 1 aliphatic heterocycles. The highest BCUT2D eigenvalue weighted by atomic mass is 15.3. The van der Waals surface area contributed by atoms with E-state index < -0.39 is 0 Å². The molecule has 1 saturated carbocycles. The molecule has 0 atom stereocenters. The molecule has 0 radical (unpaired) electrons. The van der Waals surface area contributed by atoms with Gasteiger partial charge in [0, 0.05) is 58.4 Å². The summed E-state index contributed by atoms with van der Waals surface area (Å²) >= 11 is 0. The molecule has 0 unspecified atom stereocenters. The Hall–Kier alpha value is -0.160. The SMILES string of the molecule is CN(C)CCN1CCN(CC(C)(C)CNC2CC2)CC1. The van der Waals surface area contributed by atoms with Gasteiger partial charge in [-0.15, -0.1) is 0 Å². The van der Waals surface area contributed by atoms with Crippen LogP contribution in [0, 0.1) is 5.41 Å². The number of rotatable bonds is 8. The van der Waals surface area contributed by atoms with Crippen molar-refractivity contribution in [1.29, 1.82) is 0 Å². The van der Waals surface area contributed by atoms with Crippen molar-refractivity contribution in [3.05, 3.63) is 0 Å². The summed E-state index contributed by atoms with van der Waals surface area (Å²) in [6.45, 7) is 14.5. The maximum absolute atomic E-state index is 3.69. The van der Waals surface area contributed by atoms with Crippen molar-refractivity contribution in [2.45, 2.75) is 32.7 Å². The first kappa shape index (κ1) is 16.2. The minimum Gasteiger partial charge on any atom is -0.313 e. The molecule has 2 fully saturated rings. The number of hydrogen-bond acceptors (Lipinski definition) is 4. The van der Waals surface area contributed by atoms with E-state index in [1.807, 2.05) is 0 Å². The van der Waals surface area contributed by atoms with Gasteiger partial charge in [0.15, 0.2) is 0 Å². The Morgan fingerprint density at radius 1 is 1.05 bits per heavy atom. The van der Waals surface area contributed by atoms with Gasteiger partial charge in [0.25, 0.3) is 0 Å². The Balaban J connectivity index is 1.62. The number of piperazine rings is 1. The van der Waals surface area contributed by atoms with Crippen LogP contribution in [-0.4, -0.2) is 87.2 Å². The first-order chi connectivity index (χ1) is 9.44. The van der Waals surface area contributed by atoms with Crippen LogP contribution < -0.4 is 5.32 Å². The van der Waals surface area contributed by atoms with Crippen LogP contribution in [0.15, 0.2) is 0 Å². The smallest absolute Gasteiger partial charge is 0.0110 e. The lowest BCUT2D eigenvalue weighted by Crippen LogP contribution is -2.51. The predicted octanol–water partition coefficient (Wildman–Crippen LogP) is 0.944. The third-order valence-corrected chi connectivity index (χ3v) is 4.43. The van der Waals surface area contributed by atoms with Crippen LogP contribution in [0.4, 0.5) is 0 Å². The Kier molecular flexibility index (Phi) is 5.84. The van der Waals surface area contributed by atoms with Gasteiger partial charge in [-0.3, -0.25) is 4.90 Å². The van der Waals surface area contributed by atoms with E-state index >= 15 is 0 Å². The largest absolute Gasteiger partial charge is 0.313 e. The maximum Gasteiger partial charge on any atom is 0.0110 e. The molecular weight excluding hydrogens is 248 g/mol.